The molecule has 0 saturated heterocycles. The first kappa shape index (κ1) is 18.2. The van der Waals surface area contributed by atoms with E-state index in [2.05, 4.69) is 15.6 Å². The van der Waals surface area contributed by atoms with Crippen molar-refractivity contribution in [1.82, 2.24) is 4.98 Å². The number of fused-ring (bicyclic) bond motifs is 1. The molecule has 3 rings (SSSR count). The molecule has 1 aromatic heterocycles. The van der Waals surface area contributed by atoms with Crippen LogP contribution in [0.25, 0.3) is 10.2 Å². The maximum Gasteiger partial charge on any atom is 0.236 e. The van der Waals surface area contributed by atoms with E-state index in [1.165, 1.54) is 30.0 Å². The fraction of sp³-hybridized carbons (Fsp3) is 0.167. The van der Waals surface area contributed by atoms with Crippen molar-refractivity contribution in [2.45, 2.75) is 11.8 Å². The molecule has 1 heterocycles. The van der Waals surface area contributed by atoms with Crippen molar-refractivity contribution in [3.63, 3.8) is 0 Å². The lowest BCUT2D eigenvalue weighted by Crippen LogP contribution is -2.13. The highest BCUT2D eigenvalue weighted by atomic mass is 32.2. The molecule has 0 fully saturated rings. The van der Waals surface area contributed by atoms with Crippen LogP contribution in [0.15, 0.2) is 47.4 Å². The summed E-state index contributed by atoms with van der Waals surface area (Å²) in [7, 11) is 1.62. The highest BCUT2D eigenvalue weighted by Gasteiger charge is 2.09. The molecule has 2 amide bonds. The Morgan fingerprint density at radius 3 is 2.62 bits per heavy atom. The zero-order valence-electron chi connectivity index (χ0n) is 14.2. The third kappa shape index (κ3) is 4.74. The van der Waals surface area contributed by atoms with E-state index in [1.54, 1.807) is 7.11 Å². The number of hydrogen-bond acceptors (Lipinski definition) is 6. The molecule has 26 heavy (non-hydrogen) atoms. The Bertz CT molecular complexity index is 939. The van der Waals surface area contributed by atoms with Gasteiger partial charge in [-0.05, 0) is 42.5 Å². The van der Waals surface area contributed by atoms with E-state index in [-0.39, 0.29) is 17.6 Å². The standard InChI is InChI=1S/C18H17N3O3S2/c1-11(22)19-12-3-6-14(7-4-12)25-10-17(23)21-18-20-15-8-5-13(24-2)9-16(15)26-18/h3-9H,10H2,1-2H3,(H,19,22)(H,20,21,23). The van der Waals surface area contributed by atoms with Gasteiger partial charge >= 0.3 is 0 Å². The number of thioether (sulfide) groups is 1. The van der Waals surface area contributed by atoms with Gasteiger partial charge in [0, 0.05) is 17.5 Å². The molecule has 0 radical (unpaired) electrons. The average molecular weight is 387 g/mol. The molecule has 0 spiro atoms. The van der Waals surface area contributed by atoms with Gasteiger partial charge in [0.05, 0.1) is 23.1 Å². The van der Waals surface area contributed by atoms with Gasteiger partial charge in [0.1, 0.15) is 5.75 Å². The Kier molecular flexibility index (Phi) is 5.75. The normalized spacial score (nSPS) is 10.5. The molecular weight excluding hydrogens is 370 g/mol. The summed E-state index contributed by atoms with van der Waals surface area (Å²) < 4.78 is 6.15. The van der Waals surface area contributed by atoms with Crippen LogP contribution in [0.3, 0.4) is 0 Å². The Morgan fingerprint density at radius 2 is 1.92 bits per heavy atom. The van der Waals surface area contributed by atoms with E-state index in [0.717, 1.165) is 26.5 Å². The number of nitrogens with zero attached hydrogens (tertiary/aromatic N) is 1. The zero-order chi connectivity index (χ0) is 18.5. The number of benzene rings is 2. The molecule has 0 atom stereocenters. The second-order valence-corrected chi connectivity index (χ2v) is 7.47. The fourth-order valence-electron chi connectivity index (χ4n) is 2.23. The number of nitrogens with one attached hydrogen (secondary N) is 2. The predicted octanol–water partition coefficient (Wildman–Crippen LogP) is 3.99. The molecule has 0 saturated carbocycles. The smallest absolute Gasteiger partial charge is 0.236 e. The fourth-order valence-corrected chi connectivity index (χ4v) is 3.84. The number of anilines is 2. The summed E-state index contributed by atoms with van der Waals surface area (Å²) in [6, 6.07) is 13.0. The Hall–Kier alpha value is -2.58. The second-order valence-electron chi connectivity index (χ2n) is 5.40. The number of rotatable bonds is 6. The summed E-state index contributed by atoms with van der Waals surface area (Å²) in [6.07, 6.45) is 0. The lowest BCUT2D eigenvalue weighted by atomic mass is 10.3. The van der Waals surface area contributed by atoms with E-state index >= 15 is 0 Å². The van der Waals surface area contributed by atoms with Crippen molar-refractivity contribution in [2.24, 2.45) is 0 Å². The van der Waals surface area contributed by atoms with Gasteiger partial charge in [-0.2, -0.15) is 0 Å². The number of amides is 2. The number of aromatic nitrogens is 1. The minimum Gasteiger partial charge on any atom is -0.497 e. The number of carbonyl (C=O) groups is 2. The van der Waals surface area contributed by atoms with E-state index in [0.29, 0.717) is 5.13 Å². The molecule has 0 aliphatic heterocycles. The molecule has 0 bridgehead atoms. The van der Waals surface area contributed by atoms with Crippen molar-refractivity contribution in [2.75, 3.05) is 23.5 Å². The van der Waals surface area contributed by atoms with Gasteiger partial charge in [-0.25, -0.2) is 4.98 Å². The first-order chi connectivity index (χ1) is 12.5. The third-order valence-corrected chi connectivity index (χ3v) is 5.33. The van der Waals surface area contributed by atoms with Gasteiger partial charge < -0.3 is 15.4 Å². The lowest BCUT2D eigenvalue weighted by molar-refractivity contribution is -0.114. The maximum atomic E-state index is 12.2. The van der Waals surface area contributed by atoms with Crippen LogP contribution < -0.4 is 15.4 Å². The third-order valence-electron chi connectivity index (χ3n) is 3.39. The maximum absolute atomic E-state index is 12.2. The molecule has 6 nitrogen and oxygen atoms in total. The largest absolute Gasteiger partial charge is 0.497 e. The molecule has 3 aromatic rings. The Labute approximate surface area is 159 Å². The molecule has 2 aromatic carbocycles. The molecule has 0 aliphatic carbocycles. The van der Waals surface area contributed by atoms with Crippen LogP contribution in [-0.2, 0) is 9.59 Å². The SMILES string of the molecule is COc1ccc2nc(NC(=O)CSc3ccc(NC(C)=O)cc3)sc2c1. The van der Waals surface area contributed by atoms with Crippen LogP contribution in [0.1, 0.15) is 6.92 Å². The Balaban J connectivity index is 1.56. The van der Waals surface area contributed by atoms with Gasteiger partial charge in [0.25, 0.3) is 0 Å². The zero-order valence-corrected chi connectivity index (χ0v) is 15.9. The quantitative estimate of drug-likeness (QED) is 0.625. The molecule has 134 valence electrons. The van der Waals surface area contributed by atoms with Crippen LogP contribution in [-0.4, -0.2) is 29.7 Å². The van der Waals surface area contributed by atoms with E-state index in [4.69, 9.17) is 4.74 Å². The van der Waals surface area contributed by atoms with E-state index in [1.807, 2.05) is 42.5 Å². The van der Waals surface area contributed by atoms with Gasteiger partial charge in [-0.15, -0.1) is 11.8 Å². The number of thiazole rings is 1. The molecule has 2 N–H and O–H groups in total. The highest BCUT2D eigenvalue weighted by Crippen LogP contribution is 2.29. The van der Waals surface area contributed by atoms with Crippen molar-refractivity contribution < 1.29 is 14.3 Å². The first-order valence-electron chi connectivity index (χ1n) is 7.78. The first-order valence-corrected chi connectivity index (χ1v) is 9.58. The predicted molar refractivity (Wildman–Crippen MR) is 106 cm³/mol. The molecule has 0 unspecified atom stereocenters. The molecule has 0 aliphatic rings. The van der Waals surface area contributed by atoms with Crippen molar-refractivity contribution in [3.8, 4) is 5.75 Å². The number of hydrogen-bond donors (Lipinski definition) is 2. The van der Waals surface area contributed by atoms with E-state index in [9.17, 15) is 9.59 Å². The monoisotopic (exact) mass is 387 g/mol. The number of carbonyl (C=O) groups excluding carboxylic acids is 2. The second kappa shape index (κ2) is 8.20. The van der Waals surface area contributed by atoms with Crippen LogP contribution >= 0.6 is 23.1 Å². The lowest BCUT2D eigenvalue weighted by Gasteiger charge is -2.04. The number of ether oxygens (including phenoxy) is 1. The van der Waals surface area contributed by atoms with Crippen LogP contribution in [0.5, 0.6) is 5.75 Å². The topological polar surface area (TPSA) is 80.3 Å². The summed E-state index contributed by atoms with van der Waals surface area (Å²) in [5.41, 5.74) is 1.56. The van der Waals surface area contributed by atoms with Crippen LogP contribution in [0.2, 0.25) is 0 Å². The summed E-state index contributed by atoms with van der Waals surface area (Å²) in [5, 5.41) is 6.10. The van der Waals surface area contributed by atoms with Gasteiger partial charge in [-0.1, -0.05) is 11.3 Å². The van der Waals surface area contributed by atoms with Crippen molar-refractivity contribution in [3.05, 3.63) is 42.5 Å². The van der Waals surface area contributed by atoms with Gasteiger partial charge in [0.15, 0.2) is 5.13 Å². The summed E-state index contributed by atoms with van der Waals surface area (Å²) in [4.78, 5) is 28.5. The number of methoxy groups -OCH3 is 1. The van der Waals surface area contributed by atoms with Crippen molar-refractivity contribution >= 4 is 55.9 Å². The minimum atomic E-state index is -0.119. The summed E-state index contributed by atoms with van der Waals surface area (Å²) in [6.45, 7) is 1.46. The van der Waals surface area contributed by atoms with E-state index < -0.39 is 0 Å². The molecular formula is C18H17N3O3S2. The van der Waals surface area contributed by atoms with Gasteiger partial charge in [0.2, 0.25) is 11.8 Å². The van der Waals surface area contributed by atoms with Crippen LogP contribution in [0.4, 0.5) is 10.8 Å². The molecule has 8 heteroatoms. The summed E-state index contributed by atoms with van der Waals surface area (Å²) >= 11 is 2.83. The average Bonchev–Trinajstić information content (AvgIpc) is 3.01. The highest BCUT2D eigenvalue weighted by molar-refractivity contribution is 8.00. The minimum absolute atomic E-state index is 0.113. The van der Waals surface area contributed by atoms with Crippen molar-refractivity contribution in [1.29, 1.82) is 0 Å². The summed E-state index contributed by atoms with van der Waals surface area (Å²) in [5.74, 6) is 0.807. The van der Waals surface area contributed by atoms with Crippen LogP contribution in [0, 0.1) is 0 Å². The van der Waals surface area contributed by atoms with Gasteiger partial charge in [-0.3, -0.25) is 9.59 Å². The Morgan fingerprint density at radius 1 is 1.15 bits per heavy atom.